The SMILES string of the molecule is Cc1nn(C)c(C)c1-c1cccc(CCNC(=O)OC(C)(C)C)c1. The molecule has 130 valence electrons. The average molecular weight is 329 g/mol. The first kappa shape index (κ1) is 18.0. The molecule has 0 bridgehead atoms. The first-order valence-corrected chi connectivity index (χ1v) is 8.24. The number of hydrogen-bond donors (Lipinski definition) is 1. The Morgan fingerprint density at radius 3 is 2.58 bits per heavy atom. The highest BCUT2D eigenvalue weighted by molar-refractivity contribution is 5.69. The fraction of sp³-hybridized carbons (Fsp3) is 0.474. The van der Waals surface area contributed by atoms with Gasteiger partial charge in [-0.3, -0.25) is 4.68 Å². The summed E-state index contributed by atoms with van der Waals surface area (Å²) in [5.41, 5.74) is 5.22. The number of hydrogen-bond acceptors (Lipinski definition) is 3. The van der Waals surface area contributed by atoms with Crippen molar-refractivity contribution in [2.75, 3.05) is 6.54 Å². The molecule has 0 atom stereocenters. The predicted molar refractivity (Wildman–Crippen MR) is 96.1 cm³/mol. The molecule has 0 radical (unpaired) electrons. The topological polar surface area (TPSA) is 56.2 Å². The van der Waals surface area contributed by atoms with Crippen LogP contribution in [0.3, 0.4) is 0 Å². The summed E-state index contributed by atoms with van der Waals surface area (Å²) in [7, 11) is 1.96. The minimum absolute atomic E-state index is 0.377. The first-order chi connectivity index (χ1) is 11.2. The van der Waals surface area contributed by atoms with E-state index in [4.69, 9.17) is 4.74 Å². The Morgan fingerprint density at radius 2 is 2.00 bits per heavy atom. The number of amides is 1. The van der Waals surface area contributed by atoms with Gasteiger partial charge in [0.1, 0.15) is 5.60 Å². The van der Waals surface area contributed by atoms with Crippen molar-refractivity contribution in [2.45, 2.75) is 46.6 Å². The van der Waals surface area contributed by atoms with Crippen molar-refractivity contribution in [1.82, 2.24) is 15.1 Å². The van der Waals surface area contributed by atoms with E-state index in [1.807, 2.05) is 45.5 Å². The lowest BCUT2D eigenvalue weighted by atomic mass is 10.0. The summed E-state index contributed by atoms with van der Waals surface area (Å²) >= 11 is 0. The zero-order valence-electron chi connectivity index (χ0n) is 15.4. The van der Waals surface area contributed by atoms with Gasteiger partial charge in [-0.2, -0.15) is 5.10 Å². The number of rotatable bonds is 4. The van der Waals surface area contributed by atoms with E-state index in [2.05, 4.69) is 35.5 Å². The Labute approximate surface area is 144 Å². The summed E-state index contributed by atoms with van der Waals surface area (Å²) in [6.07, 6.45) is 0.378. The quantitative estimate of drug-likeness (QED) is 0.929. The fourth-order valence-corrected chi connectivity index (χ4v) is 2.70. The van der Waals surface area contributed by atoms with Gasteiger partial charge in [0.25, 0.3) is 0 Å². The van der Waals surface area contributed by atoms with Gasteiger partial charge in [0.2, 0.25) is 0 Å². The Morgan fingerprint density at radius 1 is 1.29 bits per heavy atom. The summed E-state index contributed by atoms with van der Waals surface area (Å²) in [4.78, 5) is 11.7. The van der Waals surface area contributed by atoms with Crippen molar-refractivity contribution in [1.29, 1.82) is 0 Å². The number of benzene rings is 1. The van der Waals surface area contributed by atoms with Gasteiger partial charge in [0.05, 0.1) is 5.69 Å². The molecule has 1 amide bonds. The van der Waals surface area contributed by atoms with Crippen molar-refractivity contribution in [3.8, 4) is 11.1 Å². The third kappa shape index (κ3) is 4.60. The van der Waals surface area contributed by atoms with Crippen LogP contribution in [0.4, 0.5) is 4.79 Å². The van der Waals surface area contributed by atoms with Crippen LogP contribution in [0.5, 0.6) is 0 Å². The highest BCUT2D eigenvalue weighted by Gasteiger charge is 2.15. The molecule has 1 N–H and O–H groups in total. The maximum Gasteiger partial charge on any atom is 0.407 e. The van der Waals surface area contributed by atoms with Crippen LogP contribution >= 0.6 is 0 Å². The molecule has 0 saturated heterocycles. The second-order valence-electron chi connectivity index (χ2n) is 7.05. The van der Waals surface area contributed by atoms with Crippen LogP contribution in [0, 0.1) is 13.8 Å². The highest BCUT2D eigenvalue weighted by atomic mass is 16.6. The van der Waals surface area contributed by atoms with E-state index in [0.29, 0.717) is 6.54 Å². The molecule has 5 heteroatoms. The summed E-state index contributed by atoms with van der Waals surface area (Å²) in [6, 6.07) is 8.38. The minimum Gasteiger partial charge on any atom is -0.444 e. The molecule has 1 aromatic heterocycles. The second kappa shape index (κ2) is 7.07. The van der Waals surface area contributed by atoms with Gasteiger partial charge in [-0.1, -0.05) is 24.3 Å². The number of carbonyl (C=O) groups excluding carboxylic acids is 1. The molecule has 0 aliphatic carbocycles. The number of nitrogens with one attached hydrogen (secondary N) is 1. The van der Waals surface area contributed by atoms with Crippen molar-refractivity contribution < 1.29 is 9.53 Å². The maximum atomic E-state index is 11.7. The van der Waals surface area contributed by atoms with Gasteiger partial charge in [-0.05, 0) is 52.2 Å². The van der Waals surface area contributed by atoms with E-state index < -0.39 is 5.60 Å². The lowest BCUT2D eigenvalue weighted by molar-refractivity contribution is 0.0528. The maximum absolute atomic E-state index is 11.7. The Hall–Kier alpha value is -2.30. The Bertz CT molecular complexity index is 727. The molecular weight excluding hydrogens is 302 g/mol. The lowest BCUT2D eigenvalue weighted by Gasteiger charge is -2.19. The molecular formula is C19H27N3O2. The smallest absolute Gasteiger partial charge is 0.407 e. The van der Waals surface area contributed by atoms with Crippen molar-refractivity contribution in [3.05, 3.63) is 41.2 Å². The molecule has 0 unspecified atom stereocenters. The zero-order valence-corrected chi connectivity index (χ0v) is 15.4. The summed E-state index contributed by atoms with van der Waals surface area (Å²) in [5.74, 6) is 0. The van der Waals surface area contributed by atoms with Crippen molar-refractivity contribution in [2.24, 2.45) is 7.05 Å². The second-order valence-corrected chi connectivity index (χ2v) is 7.05. The molecule has 24 heavy (non-hydrogen) atoms. The number of carbonyl (C=O) groups is 1. The number of aryl methyl sites for hydroxylation is 2. The van der Waals surface area contributed by atoms with Gasteiger partial charge in [-0.25, -0.2) is 4.79 Å². The van der Waals surface area contributed by atoms with E-state index in [0.717, 1.165) is 23.4 Å². The van der Waals surface area contributed by atoms with E-state index in [1.54, 1.807) is 0 Å². The molecule has 0 aliphatic heterocycles. The van der Waals surface area contributed by atoms with Crippen LogP contribution in [-0.4, -0.2) is 28.0 Å². The Kier molecular flexibility index (Phi) is 5.32. The van der Waals surface area contributed by atoms with Crippen LogP contribution in [0.2, 0.25) is 0 Å². The molecule has 5 nitrogen and oxygen atoms in total. The average Bonchev–Trinajstić information content (AvgIpc) is 2.70. The minimum atomic E-state index is -0.473. The molecule has 0 fully saturated rings. The first-order valence-electron chi connectivity index (χ1n) is 8.24. The number of ether oxygens (including phenoxy) is 1. The van der Waals surface area contributed by atoms with Gasteiger partial charge in [-0.15, -0.1) is 0 Å². The summed E-state index contributed by atoms with van der Waals surface area (Å²) in [6.45, 7) is 10.2. The zero-order chi connectivity index (χ0) is 17.9. The van der Waals surface area contributed by atoms with E-state index in [9.17, 15) is 4.79 Å². The van der Waals surface area contributed by atoms with Crippen LogP contribution in [0.1, 0.15) is 37.7 Å². The van der Waals surface area contributed by atoms with Gasteiger partial charge in [0, 0.05) is 24.8 Å². The van der Waals surface area contributed by atoms with Crippen LogP contribution in [0.15, 0.2) is 24.3 Å². The fourth-order valence-electron chi connectivity index (χ4n) is 2.70. The number of alkyl carbamates (subject to hydrolysis) is 1. The molecule has 2 aromatic rings. The van der Waals surface area contributed by atoms with Crippen molar-refractivity contribution in [3.63, 3.8) is 0 Å². The predicted octanol–water partition coefficient (Wildman–Crippen LogP) is 3.77. The summed E-state index contributed by atoms with van der Waals surface area (Å²) < 4.78 is 7.15. The van der Waals surface area contributed by atoms with Gasteiger partial charge >= 0.3 is 6.09 Å². The molecule has 1 aromatic carbocycles. The number of aromatic nitrogens is 2. The van der Waals surface area contributed by atoms with Crippen LogP contribution in [0.25, 0.3) is 11.1 Å². The van der Waals surface area contributed by atoms with E-state index in [1.165, 1.54) is 11.1 Å². The van der Waals surface area contributed by atoms with E-state index in [-0.39, 0.29) is 6.09 Å². The van der Waals surface area contributed by atoms with E-state index >= 15 is 0 Å². The highest BCUT2D eigenvalue weighted by Crippen LogP contribution is 2.27. The van der Waals surface area contributed by atoms with Gasteiger partial charge in [0.15, 0.2) is 0 Å². The van der Waals surface area contributed by atoms with Crippen molar-refractivity contribution >= 4 is 6.09 Å². The molecule has 0 spiro atoms. The monoisotopic (exact) mass is 329 g/mol. The molecule has 1 heterocycles. The number of nitrogens with zero attached hydrogens (tertiary/aromatic N) is 2. The lowest BCUT2D eigenvalue weighted by Crippen LogP contribution is -2.33. The van der Waals surface area contributed by atoms with Crippen LogP contribution < -0.4 is 5.32 Å². The molecule has 0 saturated carbocycles. The third-order valence-corrected chi connectivity index (χ3v) is 3.81. The van der Waals surface area contributed by atoms with Gasteiger partial charge < -0.3 is 10.1 Å². The summed E-state index contributed by atoms with van der Waals surface area (Å²) in [5, 5.41) is 7.28. The molecule has 0 aliphatic rings. The largest absolute Gasteiger partial charge is 0.444 e. The normalized spacial score (nSPS) is 11.4. The third-order valence-electron chi connectivity index (χ3n) is 3.81. The Balaban J connectivity index is 2.02. The van der Waals surface area contributed by atoms with Crippen LogP contribution in [-0.2, 0) is 18.2 Å². The standard InChI is InChI=1S/C19H27N3O2/c1-13-17(14(2)22(6)21-13)16-9-7-8-15(12-16)10-11-20-18(23)24-19(3,4)5/h7-9,12H,10-11H2,1-6H3,(H,20,23). The molecule has 2 rings (SSSR count).